The third-order valence-electron chi connectivity index (χ3n) is 5.18. The minimum atomic E-state index is -0.0970. The highest BCUT2D eigenvalue weighted by Crippen LogP contribution is 2.23. The van der Waals surface area contributed by atoms with Crippen molar-refractivity contribution in [3.8, 4) is 6.07 Å². The SMILES string of the molecule is CCCN(CC(=O)Nc1sccc1C#N)C1CCN(C(=O)c2ccccc2)CC1. The smallest absolute Gasteiger partial charge is 0.253 e. The van der Waals surface area contributed by atoms with Crippen LogP contribution < -0.4 is 5.32 Å². The van der Waals surface area contributed by atoms with Gasteiger partial charge in [-0.15, -0.1) is 11.3 Å². The van der Waals surface area contributed by atoms with Gasteiger partial charge in [0.2, 0.25) is 5.91 Å². The molecule has 1 N–H and O–H groups in total. The number of nitrogens with zero attached hydrogens (tertiary/aromatic N) is 3. The van der Waals surface area contributed by atoms with Gasteiger partial charge in [-0.1, -0.05) is 25.1 Å². The van der Waals surface area contributed by atoms with Crippen molar-refractivity contribution in [2.24, 2.45) is 0 Å². The van der Waals surface area contributed by atoms with Gasteiger partial charge in [-0.05, 0) is 49.4 Å². The van der Waals surface area contributed by atoms with Crippen LogP contribution in [0.2, 0.25) is 0 Å². The number of piperidine rings is 1. The molecule has 6 nitrogen and oxygen atoms in total. The van der Waals surface area contributed by atoms with Gasteiger partial charge in [0.05, 0.1) is 12.1 Å². The highest BCUT2D eigenvalue weighted by atomic mass is 32.1. The van der Waals surface area contributed by atoms with E-state index in [-0.39, 0.29) is 17.9 Å². The van der Waals surface area contributed by atoms with E-state index in [9.17, 15) is 9.59 Å². The molecule has 0 spiro atoms. The molecule has 1 aliphatic rings. The Morgan fingerprint density at radius 2 is 1.97 bits per heavy atom. The van der Waals surface area contributed by atoms with Gasteiger partial charge in [0.15, 0.2) is 0 Å². The summed E-state index contributed by atoms with van der Waals surface area (Å²) < 4.78 is 0. The number of nitriles is 1. The van der Waals surface area contributed by atoms with Crippen LogP contribution in [0.3, 0.4) is 0 Å². The Hall–Kier alpha value is -2.69. The van der Waals surface area contributed by atoms with Crippen molar-refractivity contribution in [3.05, 3.63) is 52.9 Å². The van der Waals surface area contributed by atoms with Crippen molar-refractivity contribution < 1.29 is 9.59 Å². The molecule has 3 rings (SSSR count). The Morgan fingerprint density at radius 3 is 2.62 bits per heavy atom. The standard InChI is InChI=1S/C22H26N4O2S/c1-2-11-26(16-20(27)24-21-18(15-23)10-14-29-21)19-8-12-25(13-9-19)22(28)17-6-4-3-5-7-17/h3-7,10,14,19H,2,8-9,11-13,16H2,1H3,(H,24,27). The zero-order valence-corrected chi connectivity index (χ0v) is 17.5. The lowest BCUT2D eigenvalue weighted by Gasteiger charge is -2.38. The molecule has 2 amide bonds. The lowest BCUT2D eigenvalue weighted by atomic mass is 10.0. The largest absolute Gasteiger partial charge is 0.339 e. The first-order valence-corrected chi connectivity index (χ1v) is 10.9. The third-order valence-corrected chi connectivity index (χ3v) is 6.01. The summed E-state index contributed by atoms with van der Waals surface area (Å²) in [5.74, 6) is -0.0224. The summed E-state index contributed by atoms with van der Waals surface area (Å²) in [6, 6.07) is 13.5. The fraction of sp³-hybridized carbons (Fsp3) is 0.409. The molecule has 0 atom stereocenters. The summed E-state index contributed by atoms with van der Waals surface area (Å²) in [5.41, 5.74) is 1.22. The van der Waals surface area contributed by atoms with E-state index in [1.807, 2.05) is 35.2 Å². The number of amides is 2. The van der Waals surface area contributed by atoms with Gasteiger partial charge in [-0.2, -0.15) is 5.26 Å². The quantitative estimate of drug-likeness (QED) is 0.757. The monoisotopic (exact) mass is 410 g/mol. The number of benzene rings is 1. The van der Waals surface area contributed by atoms with E-state index in [4.69, 9.17) is 5.26 Å². The number of carbonyl (C=O) groups is 2. The van der Waals surface area contributed by atoms with Gasteiger partial charge >= 0.3 is 0 Å². The predicted octanol–water partition coefficient (Wildman–Crippen LogP) is 3.58. The topological polar surface area (TPSA) is 76.4 Å². The fourth-order valence-electron chi connectivity index (χ4n) is 3.72. The van der Waals surface area contributed by atoms with Crippen LogP contribution in [0.25, 0.3) is 0 Å². The minimum Gasteiger partial charge on any atom is -0.339 e. The van der Waals surface area contributed by atoms with Crippen molar-refractivity contribution in [1.82, 2.24) is 9.80 Å². The molecular weight excluding hydrogens is 384 g/mol. The van der Waals surface area contributed by atoms with E-state index in [1.165, 1.54) is 11.3 Å². The molecule has 7 heteroatoms. The lowest BCUT2D eigenvalue weighted by Crippen LogP contribution is -2.49. The number of carbonyl (C=O) groups excluding carboxylic acids is 2. The van der Waals surface area contributed by atoms with E-state index in [0.29, 0.717) is 30.2 Å². The molecule has 1 saturated heterocycles. The second-order valence-electron chi connectivity index (χ2n) is 7.18. The summed E-state index contributed by atoms with van der Waals surface area (Å²) in [7, 11) is 0. The molecule has 2 heterocycles. The van der Waals surface area contributed by atoms with Gasteiger partial charge in [-0.3, -0.25) is 14.5 Å². The minimum absolute atomic E-state index is 0.0746. The van der Waals surface area contributed by atoms with Crippen LogP contribution in [0.5, 0.6) is 0 Å². The number of likely N-dealkylation sites (tertiary alicyclic amines) is 1. The van der Waals surface area contributed by atoms with Gasteiger partial charge < -0.3 is 10.2 Å². The Morgan fingerprint density at radius 1 is 1.24 bits per heavy atom. The van der Waals surface area contributed by atoms with Gasteiger partial charge in [0, 0.05) is 24.7 Å². The first-order chi connectivity index (χ1) is 14.1. The molecule has 1 aromatic carbocycles. The molecule has 1 aromatic heterocycles. The van der Waals surface area contributed by atoms with Crippen molar-refractivity contribution >= 4 is 28.2 Å². The molecule has 1 fully saturated rings. The Kier molecular flexibility index (Phi) is 7.39. The maximum Gasteiger partial charge on any atom is 0.253 e. The second kappa shape index (κ2) is 10.2. The van der Waals surface area contributed by atoms with Crippen LogP contribution in [-0.4, -0.2) is 53.8 Å². The van der Waals surface area contributed by atoms with Crippen molar-refractivity contribution in [3.63, 3.8) is 0 Å². The average Bonchev–Trinajstić information content (AvgIpc) is 3.20. The number of anilines is 1. The van der Waals surface area contributed by atoms with Gasteiger partial charge in [-0.25, -0.2) is 0 Å². The third kappa shape index (κ3) is 5.43. The first kappa shape index (κ1) is 21.0. The van der Waals surface area contributed by atoms with Gasteiger partial charge in [0.1, 0.15) is 11.1 Å². The van der Waals surface area contributed by atoms with Crippen molar-refractivity contribution in [1.29, 1.82) is 5.26 Å². The normalized spacial score (nSPS) is 14.6. The predicted molar refractivity (Wildman–Crippen MR) is 115 cm³/mol. The molecule has 0 saturated carbocycles. The van der Waals surface area contributed by atoms with Crippen molar-refractivity contribution in [2.75, 3.05) is 31.5 Å². The van der Waals surface area contributed by atoms with E-state index in [0.717, 1.165) is 31.4 Å². The summed E-state index contributed by atoms with van der Waals surface area (Å²) in [4.78, 5) is 29.3. The number of hydrogen-bond acceptors (Lipinski definition) is 5. The fourth-order valence-corrected chi connectivity index (χ4v) is 4.47. The number of thiophene rings is 1. The Balaban J connectivity index is 1.55. The molecule has 0 aliphatic carbocycles. The van der Waals surface area contributed by atoms with E-state index in [1.54, 1.807) is 11.4 Å². The Bertz CT molecular complexity index is 866. The average molecular weight is 411 g/mol. The molecular formula is C22H26N4O2S. The lowest BCUT2D eigenvalue weighted by molar-refractivity contribution is -0.118. The number of rotatable bonds is 7. The van der Waals surface area contributed by atoms with Crippen LogP contribution in [0, 0.1) is 11.3 Å². The van der Waals surface area contributed by atoms with E-state index >= 15 is 0 Å². The second-order valence-corrected chi connectivity index (χ2v) is 8.10. The number of hydrogen-bond donors (Lipinski definition) is 1. The van der Waals surface area contributed by atoms with Crippen LogP contribution >= 0.6 is 11.3 Å². The zero-order chi connectivity index (χ0) is 20.6. The van der Waals surface area contributed by atoms with Crippen molar-refractivity contribution in [2.45, 2.75) is 32.2 Å². The highest BCUT2D eigenvalue weighted by Gasteiger charge is 2.28. The molecule has 0 unspecified atom stereocenters. The van der Waals surface area contributed by atoms with Crippen LogP contribution in [-0.2, 0) is 4.79 Å². The maximum atomic E-state index is 12.6. The summed E-state index contributed by atoms with van der Waals surface area (Å²) in [6.45, 7) is 4.63. The zero-order valence-electron chi connectivity index (χ0n) is 16.6. The van der Waals surface area contributed by atoms with Crippen LogP contribution in [0.1, 0.15) is 42.1 Å². The summed E-state index contributed by atoms with van der Waals surface area (Å²) in [6.07, 6.45) is 2.67. The highest BCUT2D eigenvalue weighted by molar-refractivity contribution is 7.14. The molecule has 152 valence electrons. The van der Waals surface area contributed by atoms with Gasteiger partial charge in [0.25, 0.3) is 5.91 Å². The Labute approximate surface area is 175 Å². The van der Waals surface area contributed by atoms with Crippen LogP contribution in [0.4, 0.5) is 5.00 Å². The molecule has 0 radical (unpaired) electrons. The van der Waals surface area contributed by atoms with E-state index in [2.05, 4.69) is 23.2 Å². The first-order valence-electron chi connectivity index (χ1n) is 9.98. The number of nitrogens with one attached hydrogen (secondary N) is 1. The van der Waals surface area contributed by atoms with Crippen LogP contribution in [0.15, 0.2) is 41.8 Å². The molecule has 2 aromatic rings. The molecule has 1 aliphatic heterocycles. The summed E-state index contributed by atoms with van der Waals surface area (Å²) >= 11 is 1.36. The molecule has 29 heavy (non-hydrogen) atoms. The summed E-state index contributed by atoms with van der Waals surface area (Å²) in [5, 5.41) is 14.4. The maximum absolute atomic E-state index is 12.6. The van der Waals surface area contributed by atoms with E-state index < -0.39 is 0 Å². The molecule has 0 bridgehead atoms.